The maximum atomic E-state index is 11.8. The fourth-order valence-electron chi connectivity index (χ4n) is 1.94. The van der Waals surface area contributed by atoms with E-state index in [1.165, 1.54) is 19.3 Å². The molecule has 2 N–H and O–H groups in total. The van der Waals surface area contributed by atoms with Crippen LogP contribution in [0.1, 0.15) is 26.2 Å². The lowest BCUT2D eigenvalue weighted by molar-refractivity contribution is -0.138. The van der Waals surface area contributed by atoms with E-state index in [4.69, 9.17) is 0 Å². The molecule has 0 aromatic carbocycles. The van der Waals surface area contributed by atoms with Crippen molar-refractivity contribution in [3.63, 3.8) is 0 Å². The van der Waals surface area contributed by atoms with Crippen LogP contribution in [0.4, 0.5) is 0 Å². The van der Waals surface area contributed by atoms with Gasteiger partial charge in [-0.3, -0.25) is 10.2 Å². The van der Waals surface area contributed by atoms with Crippen molar-refractivity contribution >= 4 is 5.91 Å². The summed E-state index contributed by atoms with van der Waals surface area (Å²) in [5, 5.41) is 5.21. The van der Waals surface area contributed by atoms with Crippen molar-refractivity contribution in [2.75, 3.05) is 26.2 Å². The van der Waals surface area contributed by atoms with Crippen LogP contribution in [0.15, 0.2) is 0 Å². The van der Waals surface area contributed by atoms with Gasteiger partial charge in [0.25, 0.3) is 0 Å². The van der Waals surface area contributed by atoms with Gasteiger partial charge in [-0.2, -0.15) is 0 Å². The Bertz CT molecular complexity index is 219. The molecule has 2 aliphatic heterocycles. The number of piperidine rings is 1. The third-order valence-corrected chi connectivity index (χ3v) is 3.19. The highest BCUT2D eigenvalue weighted by molar-refractivity contribution is 5.83. The topological polar surface area (TPSA) is 44.4 Å². The van der Waals surface area contributed by atoms with E-state index in [-0.39, 0.29) is 11.3 Å². The van der Waals surface area contributed by atoms with E-state index in [0.29, 0.717) is 0 Å². The number of carbonyl (C=O) groups excluding carboxylic acids is 1. The summed E-state index contributed by atoms with van der Waals surface area (Å²) >= 11 is 0. The highest BCUT2D eigenvalue weighted by atomic mass is 16.2. The van der Waals surface area contributed by atoms with Crippen molar-refractivity contribution in [1.29, 1.82) is 0 Å². The molecule has 0 spiro atoms. The molecule has 80 valence electrons. The van der Waals surface area contributed by atoms with Gasteiger partial charge in [0.1, 0.15) is 0 Å². The van der Waals surface area contributed by atoms with Gasteiger partial charge in [-0.15, -0.1) is 0 Å². The van der Waals surface area contributed by atoms with E-state index in [0.717, 1.165) is 26.2 Å². The molecule has 4 nitrogen and oxygen atoms in total. The Hall–Kier alpha value is -0.610. The highest BCUT2D eigenvalue weighted by Gasteiger charge is 2.39. The first-order valence-corrected chi connectivity index (χ1v) is 5.47. The van der Waals surface area contributed by atoms with Crippen LogP contribution in [-0.2, 0) is 4.79 Å². The molecule has 14 heavy (non-hydrogen) atoms. The molecule has 0 bridgehead atoms. The minimum atomic E-state index is -0.169. The van der Waals surface area contributed by atoms with Crippen LogP contribution in [0.2, 0.25) is 0 Å². The average Bonchev–Trinajstić information content (AvgIpc) is 2.15. The molecule has 0 saturated carbocycles. The van der Waals surface area contributed by atoms with Crippen LogP contribution in [0.3, 0.4) is 0 Å². The summed E-state index contributed by atoms with van der Waals surface area (Å²) in [4.78, 5) is 11.8. The molecule has 0 unspecified atom stereocenters. The van der Waals surface area contributed by atoms with Crippen molar-refractivity contribution in [1.82, 2.24) is 15.8 Å². The predicted molar refractivity (Wildman–Crippen MR) is 54.5 cm³/mol. The van der Waals surface area contributed by atoms with Gasteiger partial charge in [-0.05, 0) is 19.8 Å². The Morgan fingerprint density at radius 3 is 2.43 bits per heavy atom. The molecule has 2 rings (SSSR count). The average molecular weight is 197 g/mol. The van der Waals surface area contributed by atoms with Crippen molar-refractivity contribution in [2.45, 2.75) is 26.2 Å². The minimum absolute atomic E-state index is 0.169. The number of nitrogens with one attached hydrogen (secondary N) is 2. The van der Waals surface area contributed by atoms with Gasteiger partial charge in [0, 0.05) is 26.2 Å². The van der Waals surface area contributed by atoms with Crippen LogP contribution >= 0.6 is 0 Å². The normalized spacial score (nSPS) is 26.6. The fourth-order valence-corrected chi connectivity index (χ4v) is 1.94. The minimum Gasteiger partial charge on any atom is -0.315 e. The number of hydrogen-bond donors (Lipinski definition) is 2. The maximum Gasteiger partial charge on any atom is 0.242 e. The number of hydrazine groups is 1. The summed E-state index contributed by atoms with van der Waals surface area (Å²) in [6.45, 7) is 5.66. The standard InChI is InChI=1S/C10H19N3O/c1-10(7-11-8-10)9(14)12-13-5-3-2-4-6-13/h11H,2-8H2,1H3,(H,12,14). The monoisotopic (exact) mass is 197 g/mol. The molecule has 2 fully saturated rings. The van der Waals surface area contributed by atoms with Gasteiger partial charge >= 0.3 is 0 Å². The van der Waals surface area contributed by atoms with E-state index in [9.17, 15) is 4.79 Å². The van der Waals surface area contributed by atoms with Gasteiger partial charge in [-0.1, -0.05) is 6.42 Å². The Morgan fingerprint density at radius 2 is 1.93 bits per heavy atom. The third kappa shape index (κ3) is 1.91. The number of rotatable bonds is 2. The second-order valence-corrected chi connectivity index (χ2v) is 4.65. The van der Waals surface area contributed by atoms with E-state index < -0.39 is 0 Å². The SMILES string of the molecule is CC1(C(=O)NN2CCCCC2)CNC1. The van der Waals surface area contributed by atoms with Crippen molar-refractivity contribution < 1.29 is 4.79 Å². The lowest BCUT2D eigenvalue weighted by Crippen LogP contribution is -2.62. The van der Waals surface area contributed by atoms with Crippen LogP contribution < -0.4 is 10.7 Å². The lowest BCUT2D eigenvalue weighted by atomic mass is 9.83. The van der Waals surface area contributed by atoms with Gasteiger partial charge in [0.05, 0.1) is 5.41 Å². The van der Waals surface area contributed by atoms with E-state index in [2.05, 4.69) is 15.8 Å². The predicted octanol–water partition coefficient (Wildman–Crippen LogP) is 0.113. The molecular formula is C10H19N3O. The van der Waals surface area contributed by atoms with E-state index in [1.54, 1.807) is 0 Å². The van der Waals surface area contributed by atoms with Crippen LogP contribution in [0.25, 0.3) is 0 Å². The Labute approximate surface area is 85.0 Å². The summed E-state index contributed by atoms with van der Waals surface area (Å²) in [7, 11) is 0. The molecular weight excluding hydrogens is 178 g/mol. The first-order valence-electron chi connectivity index (χ1n) is 5.47. The van der Waals surface area contributed by atoms with Gasteiger partial charge in [-0.25, -0.2) is 5.01 Å². The summed E-state index contributed by atoms with van der Waals surface area (Å²) in [6.07, 6.45) is 3.70. The lowest BCUT2D eigenvalue weighted by Gasteiger charge is -2.39. The molecule has 0 atom stereocenters. The van der Waals surface area contributed by atoms with Gasteiger partial charge in [0.2, 0.25) is 5.91 Å². The first kappa shape index (κ1) is 9.93. The molecule has 0 aliphatic carbocycles. The molecule has 2 saturated heterocycles. The Balaban J connectivity index is 1.81. The first-order chi connectivity index (χ1) is 6.71. The van der Waals surface area contributed by atoms with Gasteiger partial charge in [0.15, 0.2) is 0 Å². The second-order valence-electron chi connectivity index (χ2n) is 4.65. The largest absolute Gasteiger partial charge is 0.315 e. The van der Waals surface area contributed by atoms with E-state index in [1.807, 2.05) is 6.92 Å². The molecule has 2 aliphatic rings. The summed E-state index contributed by atoms with van der Waals surface area (Å²) in [5.74, 6) is 0.179. The molecule has 4 heteroatoms. The Morgan fingerprint density at radius 1 is 1.29 bits per heavy atom. The summed E-state index contributed by atoms with van der Waals surface area (Å²) < 4.78 is 0. The zero-order chi connectivity index (χ0) is 10.0. The quantitative estimate of drug-likeness (QED) is 0.660. The second kappa shape index (κ2) is 3.87. The van der Waals surface area contributed by atoms with Crippen LogP contribution in [0.5, 0.6) is 0 Å². The molecule has 0 aromatic rings. The summed E-state index contributed by atoms with van der Waals surface area (Å²) in [6, 6.07) is 0. The van der Waals surface area contributed by atoms with Crippen LogP contribution in [-0.4, -0.2) is 37.1 Å². The molecule has 2 heterocycles. The van der Waals surface area contributed by atoms with Crippen molar-refractivity contribution in [2.24, 2.45) is 5.41 Å². The highest BCUT2D eigenvalue weighted by Crippen LogP contribution is 2.21. The fraction of sp³-hybridized carbons (Fsp3) is 0.900. The number of nitrogens with zero attached hydrogens (tertiary/aromatic N) is 1. The number of amides is 1. The molecule has 1 amide bonds. The van der Waals surface area contributed by atoms with Gasteiger partial charge < -0.3 is 5.32 Å². The van der Waals surface area contributed by atoms with E-state index >= 15 is 0 Å². The third-order valence-electron chi connectivity index (χ3n) is 3.19. The molecule has 0 aromatic heterocycles. The zero-order valence-corrected chi connectivity index (χ0v) is 8.81. The smallest absolute Gasteiger partial charge is 0.242 e. The molecule has 0 radical (unpaired) electrons. The van der Waals surface area contributed by atoms with Crippen molar-refractivity contribution in [3.8, 4) is 0 Å². The van der Waals surface area contributed by atoms with Crippen LogP contribution in [0, 0.1) is 5.41 Å². The number of hydrogen-bond acceptors (Lipinski definition) is 3. The maximum absolute atomic E-state index is 11.8. The van der Waals surface area contributed by atoms with Crippen molar-refractivity contribution in [3.05, 3.63) is 0 Å². The zero-order valence-electron chi connectivity index (χ0n) is 8.81. The summed E-state index contributed by atoms with van der Waals surface area (Å²) in [5.41, 5.74) is 2.85. The Kier molecular flexibility index (Phi) is 2.74. The number of carbonyl (C=O) groups is 1.